The molecule has 0 aliphatic carbocycles. The van der Waals surface area contributed by atoms with E-state index in [4.69, 9.17) is 6.85 Å². The van der Waals surface area contributed by atoms with Crippen molar-refractivity contribution in [2.45, 2.75) is 6.85 Å². The molecule has 50 valence electrons. The van der Waals surface area contributed by atoms with Gasteiger partial charge in [0.15, 0.2) is 0 Å². The lowest BCUT2D eigenvalue weighted by atomic mass is 10.2. The molecule has 2 rings (SSSR count). The Labute approximate surface area is 71.1 Å². The molecule has 0 saturated heterocycles. The highest BCUT2D eigenvalue weighted by Gasteiger charge is 1.93. The molecule has 0 atom stereocenters. The smallest absolute Gasteiger partial charge is 0.0641 e. The summed E-state index contributed by atoms with van der Waals surface area (Å²) in [4.78, 5) is 0.0669. The van der Waals surface area contributed by atoms with Crippen LogP contribution in [0.1, 0.15) is 11.7 Å². The molecule has 0 nitrogen and oxygen atoms in total. The van der Waals surface area contributed by atoms with E-state index in [0.717, 1.165) is 11.3 Å². The maximum Gasteiger partial charge on any atom is 0.0641 e. The zero-order valence-corrected chi connectivity index (χ0v) is 5.96. The molecule has 1 aromatic heterocycles. The van der Waals surface area contributed by atoms with Gasteiger partial charge in [-0.3, -0.25) is 0 Å². The summed E-state index contributed by atoms with van der Waals surface area (Å²) in [6, 6.07) is 5.26. The molecule has 0 spiro atoms. The second-order valence-electron chi connectivity index (χ2n) is 1.97. The Bertz CT molecular complexity index is 511. The van der Waals surface area contributed by atoms with Crippen LogP contribution in [0.5, 0.6) is 0 Å². The van der Waals surface area contributed by atoms with Crippen molar-refractivity contribution in [3.05, 3.63) is 35.2 Å². The minimum absolute atomic E-state index is 0.0316. The normalized spacial score (nSPS) is 19.0. The lowest BCUT2D eigenvalue weighted by Crippen LogP contribution is -1.56. The number of thiophene rings is 1. The molecular formula is C9H8S. The van der Waals surface area contributed by atoms with E-state index in [9.17, 15) is 0 Å². The Morgan fingerprint density at radius 2 is 2.60 bits per heavy atom. The van der Waals surface area contributed by atoms with Crippen molar-refractivity contribution < 1.29 is 6.85 Å². The molecule has 0 radical (unpaired) electrons. The molecule has 1 aromatic carbocycles. The van der Waals surface area contributed by atoms with E-state index in [1.807, 2.05) is 0 Å². The van der Waals surface area contributed by atoms with Gasteiger partial charge < -0.3 is 0 Å². The maximum atomic E-state index is 7.74. The topological polar surface area (TPSA) is 0 Å². The average Bonchev–Trinajstić information content (AvgIpc) is 2.45. The molecule has 0 unspecified atom stereocenters. The number of benzene rings is 1. The summed E-state index contributed by atoms with van der Waals surface area (Å²) in [7, 11) is 0. The Morgan fingerprint density at radius 3 is 3.40 bits per heavy atom. The highest BCUT2D eigenvalue weighted by molar-refractivity contribution is 7.19. The summed E-state index contributed by atoms with van der Waals surface area (Å²) in [6.07, 6.45) is 0. The van der Waals surface area contributed by atoms with Gasteiger partial charge in [-0.2, -0.15) is 0 Å². The largest absolute Gasteiger partial charge is 0.141 e. The number of aryl methyl sites for hydroxylation is 1. The van der Waals surface area contributed by atoms with Crippen LogP contribution in [0.15, 0.2) is 30.3 Å². The molecule has 10 heavy (non-hydrogen) atoms. The summed E-state index contributed by atoms with van der Waals surface area (Å²) in [5.74, 6) is 0. The van der Waals surface area contributed by atoms with Gasteiger partial charge in [-0.15, -0.1) is 11.3 Å². The van der Waals surface area contributed by atoms with Gasteiger partial charge in [-0.25, -0.2) is 0 Å². The zero-order chi connectivity index (χ0) is 11.2. The van der Waals surface area contributed by atoms with Crippen LogP contribution in [-0.2, 0) is 0 Å². The summed E-state index contributed by atoms with van der Waals surface area (Å²) in [6.45, 7) is -2.26. The van der Waals surface area contributed by atoms with E-state index < -0.39 is 6.85 Å². The molecular weight excluding hydrogens is 140 g/mol. The van der Waals surface area contributed by atoms with Crippen LogP contribution >= 0.6 is 11.3 Å². The average molecular weight is 153 g/mol. The first-order valence-electron chi connectivity index (χ1n) is 5.40. The third kappa shape index (κ3) is 0.830. The Kier molecular flexibility index (Phi) is 0.559. The van der Waals surface area contributed by atoms with Gasteiger partial charge >= 0.3 is 0 Å². The fraction of sp³-hybridized carbons (Fsp3) is 0.111. The van der Waals surface area contributed by atoms with Crippen molar-refractivity contribution in [1.29, 1.82) is 0 Å². The summed E-state index contributed by atoms with van der Waals surface area (Å²) in [5, 5.41) is 0.554. The van der Waals surface area contributed by atoms with E-state index >= 15 is 0 Å². The highest BCUT2D eigenvalue weighted by atomic mass is 32.1. The van der Waals surface area contributed by atoms with Crippen molar-refractivity contribution >= 4 is 21.4 Å². The quantitative estimate of drug-likeness (QED) is 0.545. The summed E-state index contributed by atoms with van der Waals surface area (Å²) < 4.78 is 37.8. The molecule has 0 N–H and O–H groups in total. The fourth-order valence-corrected chi connectivity index (χ4v) is 1.58. The minimum Gasteiger partial charge on any atom is -0.141 e. The third-order valence-electron chi connectivity index (χ3n) is 1.27. The molecule has 2 aromatic rings. The Morgan fingerprint density at radius 1 is 1.60 bits per heavy atom. The Hall–Kier alpha value is -0.820. The summed E-state index contributed by atoms with van der Waals surface area (Å²) >= 11 is 1.02. The highest BCUT2D eigenvalue weighted by Crippen LogP contribution is 2.23. The molecule has 0 fully saturated rings. The zero-order valence-electron chi connectivity index (χ0n) is 10.1. The monoisotopic (exact) mass is 153 g/mol. The molecule has 0 amide bonds. The Balaban J connectivity index is 2.81. The van der Waals surface area contributed by atoms with Gasteiger partial charge in [0, 0.05) is 13.7 Å². The van der Waals surface area contributed by atoms with Crippen LogP contribution < -0.4 is 0 Å². The lowest BCUT2D eigenvalue weighted by molar-refractivity contribution is 1.65. The molecule has 0 bridgehead atoms. The van der Waals surface area contributed by atoms with E-state index in [1.54, 1.807) is 18.2 Å². The first-order valence-corrected chi connectivity index (χ1v) is 3.72. The van der Waals surface area contributed by atoms with Crippen molar-refractivity contribution in [2.75, 3.05) is 0 Å². The predicted molar refractivity (Wildman–Crippen MR) is 46.6 cm³/mol. The van der Waals surface area contributed by atoms with Crippen molar-refractivity contribution in [3.8, 4) is 0 Å². The van der Waals surface area contributed by atoms with Crippen LogP contribution in [0.2, 0.25) is 0 Å². The van der Waals surface area contributed by atoms with Gasteiger partial charge in [-0.1, -0.05) is 18.2 Å². The van der Waals surface area contributed by atoms with Gasteiger partial charge in [0.05, 0.1) is 2.74 Å². The number of rotatable bonds is 0. The van der Waals surface area contributed by atoms with Crippen LogP contribution in [-0.4, -0.2) is 0 Å². The van der Waals surface area contributed by atoms with Gasteiger partial charge in [0.2, 0.25) is 0 Å². The van der Waals surface area contributed by atoms with Crippen molar-refractivity contribution in [3.63, 3.8) is 0 Å². The van der Waals surface area contributed by atoms with E-state index in [2.05, 4.69) is 0 Å². The number of hydrogen-bond donors (Lipinski definition) is 0. The van der Waals surface area contributed by atoms with Gasteiger partial charge in [0.25, 0.3) is 0 Å². The SMILES string of the molecule is [2H]c1c(C([2H])([2H])[2H])sc2c([2H])cccc12. The van der Waals surface area contributed by atoms with E-state index in [1.165, 1.54) is 0 Å². The minimum atomic E-state index is -2.26. The summed E-state index contributed by atoms with van der Waals surface area (Å²) in [5.41, 5.74) is 0. The van der Waals surface area contributed by atoms with Gasteiger partial charge in [-0.05, 0) is 24.3 Å². The van der Waals surface area contributed by atoms with Crippen molar-refractivity contribution in [1.82, 2.24) is 0 Å². The van der Waals surface area contributed by atoms with Crippen LogP contribution in [0, 0.1) is 6.85 Å². The first kappa shape index (κ1) is 2.67. The van der Waals surface area contributed by atoms with Gasteiger partial charge in [0.1, 0.15) is 0 Å². The standard InChI is InChI=1S/C9H8S/c1-7-6-8-4-2-3-5-9(8)10-7/h2-6H,1H3/i1D3,5D,6D. The van der Waals surface area contributed by atoms with Crippen LogP contribution in [0.3, 0.4) is 0 Å². The number of fused-ring (bicyclic) bond motifs is 1. The van der Waals surface area contributed by atoms with E-state index in [0.29, 0.717) is 10.1 Å². The van der Waals surface area contributed by atoms with Crippen LogP contribution in [0.25, 0.3) is 10.1 Å². The molecule has 1 heteroatoms. The molecule has 0 aliphatic rings. The first-order chi connectivity index (χ1) is 6.91. The maximum absolute atomic E-state index is 7.74. The second kappa shape index (κ2) is 2.10. The lowest BCUT2D eigenvalue weighted by Gasteiger charge is -1.82. The molecule has 1 heterocycles. The number of hydrogen-bond acceptors (Lipinski definition) is 1. The second-order valence-corrected chi connectivity index (χ2v) is 2.99. The molecule has 0 saturated carbocycles. The van der Waals surface area contributed by atoms with Crippen molar-refractivity contribution in [2.24, 2.45) is 0 Å². The van der Waals surface area contributed by atoms with E-state index in [-0.39, 0.29) is 17.0 Å². The van der Waals surface area contributed by atoms with Crippen LogP contribution in [0.4, 0.5) is 0 Å². The third-order valence-corrected chi connectivity index (χ3v) is 2.12. The molecule has 0 aliphatic heterocycles. The fourth-order valence-electron chi connectivity index (χ4n) is 0.854. The predicted octanol–water partition coefficient (Wildman–Crippen LogP) is 3.21.